The monoisotopic (exact) mass is 466 g/mol. The molecule has 0 spiro atoms. The fraction of sp³-hybridized carbons (Fsp3) is 0.519. The van der Waals surface area contributed by atoms with E-state index in [0.717, 1.165) is 75.2 Å². The average Bonchev–Trinajstić information content (AvgIpc) is 2.84. The lowest BCUT2D eigenvalue weighted by Crippen LogP contribution is -2.56. The minimum absolute atomic E-state index is 0.255. The van der Waals surface area contributed by atoms with Gasteiger partial charge in [-0.15, -0.1) is 0 Å². The number of carbonyl (C=O) groups is 1. The maximum Gasteiger partial charge on any atom is 0.236 e. The molecule has 2 saturated heterocycles. The second kappa shape index (κ2) is 10.3. The molecule has 182 valence electrons. The van der Waals surface area contributed by atoms with Gasteiger partial charge in [0.1, 0.15) is 0 Å². The zero-order chi connectivity index (χ0) is 23.5. The smallest absolute Gasteiger partial charge is 0.236 e. The first kappa shape index (κ1) is 23.1. The Balaban J connectivity index is 1.12. The highest BCUT2D eigenvalue weighted by molar-refractivity contribution is 5.78. The van der Waals surface area contributed by atoms with E-state index < -0.39 is 0 Å². The molecule has 1 amide bonds. The number of hydrogen-bond acceptors (Lipinski definition) is 5. The first-order valence-corrected chi connectivity index (χ1v) is 12.5. The first-order chi connectivity index (χ1) is 16.6. The Morgan fingerprint density at radius 3 is 2.32 bits per heavy atom. The summed E-state index contributed by atoms with van der Waals surface area (Å²) in [7, 11) is 1.47. The molecule has 0 radical (unpaired) electrons. The lowest BCUT2D eigenvalue weighted by atomic mass is 9.91. The summed E-state index contributed by atoms with van der Waals surface area (Å²) < 4.78 is 19.2. The molecular formula is C27H35FN4O2. The zero-order valence-corrected chi connectivity index (χ0v) is 20.1. The van der Waals surface area contributed by atoms with Gasteiger partial charge in [-0.25, -0.2) is 4.39 Å². The Labute approximate surface area is 201 Å². The molecule has 0 bridgehead atoms. The number of piperazine rings is 2. The zero-order valence-electron chi connectivity index (χ0n) is 20.1. The first-order valence-electron chi connectivity index (χ1n) is 12.5. The number of benzene rings is 2. The van der Waals surface area contributed by atoms with Gasteiger partial charge in [-0.05, 0) is 48.2 Å². The summed E-state index contributed by atoms with van der Waals surface area (Å²) in [4.78, 5) is 22.1. The standard InChI is InChI=1S/C27H35FN4O2/c1-34-26-9-8-22(19-25(26)28)21-4-2-7-24(18-21)31-12-10-29(11-13-31)20-27(33)32-16-14-30(15-17-32)23-5-3-6-23/h2,4,7-9,18-19,23H,3,5-6,10-17,20H2,1H3. The Hall–Kier alpha value is -2.64. The summed E-state index contributed by atoms with van der Waals surface area (Å²) in [6.45, 7) is 7.80. The van der Waals surface area contributed by atoms with Crippen LogP contribution in [0.5, 0.6) is 5.75 Å². The second-order valence-electron chi connectivity index (χ2n) is 9.66. The van der Waals surface area contributed by atoms with E-state index in [-0.39, 0.29) is 17.5 Å². The number of amides is 1. The van der Waals surface area contributed by atoms with Crippen molar-refractivity contribution in [2.75, 3.05) is 70.9 Å². The predicted octanol–water partition coefficient (Wildman–Crippen LogP) is 3.32. The molecule has 34 heavy (non-hydrogen) atoms. The van der Waals surface area contributed by atoms with Crippen LogP contribution in [0.2, 0.25) is 0 Å². The molecule has 2 heterocycles. The number of rotatable bonds is 6. The Morgan fingerprint density at radius 1 is 0.941 bits per heavy atom. The van der Waals surface area contributed by atoms with E-state index in [9.17, 15) is 9.18 Å². The molecule has 1 saturated carbocycles. The van der Waals surface area contributed by atoms with Crippen molar-refractivity contribution in [3.63, 3.8) is 0 Å². The fourth-order valence-electron chi connectivity index (χ4n) is 5.27. The number of hydrogen-bond donors (Lipinski definition) is 0. The number of nitrogens with zero attached hydrogens (tertiary/aromatic N) is 4. The van der Waals surface area contributed by atoms with Crippen LogP contribution in [-0.4, -0.2) is 92.7 Å². The average molecular weight is 467 g/mol. The molecule has 0 aromatic heterocycles. The minimum atomic E-state index is -0.354. The topological polar surface area (TPSA) is 39.3 Å². The van der Waals surface area contributed by atoms with Crippen molar-refractivity contribution in [3.05, 3.63) is 48.3 Å². The maximum absolute atomic E-state index is 14.2. The highest BCUT2D eigenvalue weighted by Gasteiger charge is 2.30. The van der Waals surface area contributed by atoms with Gasteiger partial charge in [0.2, 0.25) is 5.91 Å². The minimum Gasteiger partial charge on any atom is -0.494 e. The van der Waals surface area contributed by atoms with Crippen molar-refractivity contribution in [2.24, 2.45) is 0 Å². The molecule has 0 N–H and O–H groups in total. The summed E-state index contributed by atoms with van der Waals surface area (Å²) in [5.74, 6) is 0.171. The van der Waals surface area contributed by atoms with Gasteiger partial charge in [-0.3, -0.25) is 14.6 Å². The third-order valence-electron chi connectivity index (χ3n) is 7.69. The van der Waals surface area contributed by atoms with Crippen molar-refractivity contribution in [1.82, 2.24) is 14.7 Å². The van der Waals surface area contributed by atoms with E-state index in [4.69, 9.17) is 4.74 Å². The van der Waals surface area contributed by atoms with Gasteiger partial charge in [-0.1, -0.05) is 24.6 Å². The normalized spacial score (nSPS) is 20.3. The molecule has 1 aliphatic carbocycles. The summed E-state index contributed by atoms with van der Waals surface area (Å²) in [6, 6.07) is 14.1. The van der Waals surface area contributed by atoms with Crippen LogP contribution >= 0.6 is 0 Å². The van der Waals surface area contributed by atoms with Gasteiger partial charge in [-0.2, -0.15) is 0 Å². The van der Waals surface area contributed by atoms with Crippen LogP contribution in [0.4, 0.5) is 10.1 Å². The Kier molecular flexibility index (Phi) is 7.02. The number of carbonyl (C=O) groups excluding carboxylic acids is 1. The number of ether oxygens (including phenoxy) is 1. The van der Waals surface area contributed by atoms with E-state index in [1.54, 1.807) is 6.07 Å². The molecule has 0 unspecified atom stereocenters. The van der Waals surface area contributed by atoms with Crippen LogP contribution in [0, 0.1) is 5.82 Å². The van der Waals surface area contributed by atoms with Gasteiger partial charge in [0.15, 0.2) is 11.6 Å². The highest BCUT2D eigenvalue weighted by Crippen LogP contribution is 2.29. The van der Waals surface area contributed by atoms with E-state index in [1.807, 2.05) is 18.2 Å². The van der Waals surface area contributed by atoms with E-state index in [1.165, 1.54) is 32.4 Å². The molecule has 2 aliphatic heterocycles. The number of halogens is 1. The fourth-order valence-corrected chi connectivity index (χ4v) is 5.27. The highest BCUT2D eigenvalue weighted by atomic mass is 19.1. The van der Waals surface area contributed by atoms with Crippen LogP contribution in [0.1, 0.15) is 19.3 Å². The van der Waals surface area contributed by atoms with Crippen molar-refractivity contribution in [1.29, 1.82) is 0 Å². The number of anilines is 1. The molecule has 6 nitrogen and oxygen atoms in total. The van der Waals surface area contributed by atoms with Crippen molar-refractivity contribution < 1.29 is 13.9 Å². The van der Waals surface area contributed by atoms with Crippen molar-refractivity contribution in [3.8, 4) is 16.9 Å². The maximum atomic E-state index is 14.2. The molecule has 0 atom stereocenters. The quantitative estimate of drug-likeness (QED) is 0.653. The van der Waals surface area contributed by atoms with Crippen LogP contribution in [0.25, 0.3) is 11.1 Å². The van der Waals surface area contributed by atoms with E-state index in [0.29, 0.717) is 6.54 Å². The van der Waals surface area contributed by atoms with E-state index in [2.05, 4.69) is 31.7 Å². The second-order valence-corrected chi connectivity index (χ2v) is 9.66. The van der Waals surface area contributed by atoms with Gasteiger partial charge >= 0.3 is 0 Å². The van der Waals surface area contributed by atoms with Crippen LogP contribution in [0.15, 0.2) is 42.5 Å². The molecule has 5 rings (SSSR count). The molecule has 3 aliphatic rings. The third-order valence-corrected chi connectivity index (χ3v) is 7.69. The molecule has 7 heteroatoms. The molecule has 3 fully saturated rings. The Morgan fingerprint density at radius 2 is 1.68 bits per heavy atom. The van der Waals surface area contributed by atoms with Crippen molar-refractivity contribution >= 4 is 11.6 Å². The third kappa shape index (κ3) is 5.05. The predicted molar refractivity (Wildman–Crippen MR) is 133 cm³/mol. The molecular weight excluding hydrogens is 431 g/mol. The lowest BCUT2D eigenvalue weighted by molar-refractivity contribution is -0.134. The SMILES string of the molecule is COc1ccc(-c2cccc(N3CCN(CC(=O)N4CCN(C5CCC5)CC4)CC3)c2)cc1F. The molecule has 2 aromatic carbocycles. The Bertz CT molecular complexity index is 996. The lowest BCUT2D eigenvalue weighted by Gasteiger charge is -2.43. The molecule has 2 aromatic rings. The largest absolute Gasteiger partial charge is 0.494 e. The van der Waals surface area contributed by atoms with Gasteiger partial charge in [0.05, 0.1) is 13.7 Å². The van der Waals surface area contributed by atoms with E-state index >= 15 is 0 Å². The summed E-state index contributed by atoms with van der Waals surface area (Å²) >= 11 is 0. The van der Waals surface area contributed by atoms with Crippen LogP contribution in [-0.2, 0) is 4.79 Å². The van der Waals surface area contributed by atoms with Crippen molar-refractivity contribution in [2.45, 2.75) is 25.3 Å². The van der Waals surface area contributed by atoms with Gasteiger partial charge in [0.25, 0.3) is 0 Å². The summed E-state index contributed by atoms with van der Waals surface area (Å²) in [5, 5.41) is 0. The van der Waals surface area contributed by atoms with Crippen LogP contribution in [0.3, 0.4) is 0 Å². The summed E-state index contributed by atoms with van der Waals surface area (Å²) in [6.07, 6.45) is 4.02. The number of methoxy groups -OCH3 is 1. The van der Waals surface area contributed by atoms with Crippen LogP contribution < -0.4 is 9.64 Å². The van der Waals surface area contributed by atoms with Gasteiger partial charge in [0, 0.05) is 64.1 Å². The van der Waals surface area contributed by atoms with Gasteiger partial charge < -0.3 is 14.5 Å². The summed E-state index contributed by atoms with van der Waals surface area (Å²) in [5.41, 5.74) is 2.95.